The SMILES string of the molecule is O=S(=O)(c1ccccc1)c1c2ccccc2c(-c2cc3c(-c4ccccc4)nc4c5ccccc5c5ccccc5c4c3c3ccccc23)c2ccccc12. The van der Waals surface area contributed by atoms with Crippen LogP contribution in [-0.2, 0) is 9.84 Å². The van der Waals surface area contributed by atoms with Crippen LogP contribution in [0.4, 0.5) is 0 Å². The van der Waals surface area contributed by atoms with Gasteiger partial charge in [-0.05, 0) is 67.0 Å². The van der Waals surface area contributed by atoms with Crippen LogP contribution in [0.5, 0.6) is 0 Å². The van der Waals surface area contributed by atoms with Crippen LogP contribution >= 0.6 is 0 Å². The lowest BCUT2D eigenvalue weighted by Gasteiger charge is -2.21. The monoisotopic (exact) mass is 721 g/mol. The molecule has 0 amide bonds. The van der Waals surface area contributed by atoms with E-state index in [1.165, 1.54) is 10.8 Å². The summed E-state index contributed by atoms with van der Waals surface area (Å²) in [5.74, 6) is 0. The first-order chi connectivity index (χ1) is 27.1. The summed E-state index contributed by atoms with van der Waals surface area (Å²) in [6.07, 6.45) is 0. The first-order valence-electron chi connectivity index (χ1n) is 18.5. The Labute approximate surface area is 317 Å². The molecule has 0 aliphatic carbocycles. The number of nitrogens with zero attached hydrogens (tertiary/aromatic N) is 1. The minimum atomic E-state index is -3.88. The first-order valence-corrected chi connectivity index (χ1v) is 20.0. The molecular formula is C51H31NO2S. The van der Waals surface area contributed by atoms with Crippen LogP contribution < -0.4 is 0 Å². The predicted molar refractivity (Wildman–Crippen MR) is 230 cm³/mol. The molecule has 1 aromatic heterocycles. The Bertz CT molecular complexity index is 3430. The van der Waals surface area contributed by atoms with E-state index in [4.69, 9.17) is 4.98 Å². The number of hydrogen-bond donors (Lipinski definition) is 0. The zero-order valence-electron chi connectivity index (χ0n) is 29.6. The largest absolute Gasteiger partial charge is 0.246 e. The summed E-state index contributed by atoms with van der Waals surface area (Å²) in [5.41, 5.74) is 4.95. The molecule has 1 heterocycles. The summed E-state index contributed by atoms with van der Waals surface area (Å²) in [4.78, 5) is 6.22. The van der Waals surface area contributed by atoms with E-state index in [1.54, 1.807) is 24.3 Å². The Hall–Kier alpha value is -6.88. The molecule has 0 saturated carbocycles. The molecule has 10 aromatic carbocycles. The molecule has 0 radical (unpaired) electrons. The Morgan fingerprint density at radius 1 is 0.364 bits per heavy atom. The normalized spacial score (nSPS) is 12.1. The van der Waals surface area contributed by atoms with Crippen molar-refractivity contribution in [3.05, 3.63) is 188 Å². The molecule has 0 saturated heterocycles. The number of sulfone groups is 1. The highest BCUT2D eigenvalue weighted by atomic mass is 32.2. The fourth-order valence-corrected chi connectivity index (χ4v) is 10.6. The molecule has 0 aliphatic heterocycles. The summed E-state index contributed by atoms with van der Waals surface area (Å²) in [6, 6.07) is 63.4. The first kappa shape index (κ1) is 31.6. The van der Waals surface area contributed by atoms with Crippen LogP contribution in [0.15, 0.2) is 198 Å². The van der Waals surface area contributed by atoms with Gasteiger partial charge in [0.05, 0.1) is 21.0 Å². The molecule has 4 heteroatoms. The van der Waals surface area contributed by atoms with Gasteiger partial charge in [-0.15, -0.1) is 0 Å². The standard InChI is InChI=1S/C51H31NO2S/c53-55(54,33-19-5-2-6-20-33)51-42-29-15-12-26-39(42)46(40-27-13-16-30-43(40)51)44-31-45-47(37-24-10-8-23-36(37)44)48-38-25-11-7-21-34(38)35-22-9-14-28-41(35)50(48)52-49(45)32-17-3-1-4-18-32/h1-31H. The minimum absolute atomic E-state index is 0.277. The number of benzene rings is 10. The molecule has 258 valence electrons. The number of rotatable bonds is 4. The summed E-state index contributed by atoms with van der Waals surface area (Å²) in [6.45, 7) is 0. The van der Waals surface area contributed by atoms with Gasteiger partial charge in [0, 0.05) is 37.9 Å². The molecule has 0 spiro atoms. The minimum Gasteiger partial charge on any atom is -0.246 e. The Morgan fingerprint density at radius 3 is 1.40 bits per heavy atom. The molecule has 0 bridgehead atoms. The van der Waals surface area contributed by atoms with Crippen LogP contribution in [-0.4, -0.2) is 13.4 Å². The van der Waals surface area contributed by atoms with Crippen molar-refractivity contribution in [3.8, 4) is 22.4 Å². The average molecular weight is 722 g/mol. The molecule has 11 aromatic rings. The maximum Gasteiger partial charge on any atom is 0.207 e. The third-order valence-corrected chi connectivity index (χ3v) is 13.1. The molecule has 0 fully saturated rings. The number of aromatic nitrogens is 1. The van der Waals surface area contributed by atoms with E-state index in [0.29, 0.717) is 15.7 Å². The predicted octanol–water partition coefficient (Wildman–Crippen LogP) is 13.3. The maximum absolute atomic E-state index is 14.6. The van der Waals surface area contributed by atoms with Gasteiger partial charge in [0.2, 0.25) is 9.84 Å². The average Bonchev–Trinajstić information content (AvgIpc) is 3.25. The van der Waals surface area contributed by atoms with Gasteiger partial charge in [0.15, 0.2) is 0 Å². The van der Waals surface area contributed by atoms with Gasteiger partial charge >= 0.3 is 0 Å². The summed E-state index contributed by atoms with van der Waals surface area (Å²) < 4.78 is 29.2. The van der Waals surface area contributed by atoms with Gasteiger partial charge in [-0.2, -0.15) is 0 Å². The van der Waals surface area contributed by atoms with Crippen LogP contribution in [0.2, 0.25) is 0 Å². The zero-order chi connectivity index (χ0) is 36.7. The smallest absolute Gasteiger partial charge is 0.207 e. The van der Waals surface area contributed by atoms with Crippen LogP contribution in [0.25, 0.3) is 97.9 Å². The van der Waals surface area contributed by atoms with E-state index in [2.05, 4.69) is 115 Å². The van der Waals surface area contributed by atoms with Crippen molar-refractivity contribution < 1.29 is 8.42 Å². The van der Waals surface area contributed by atoms with Crippen molar-refractivity contribution in [1.82, 2.24) is 4.98 Å². The second-order valence-corrected chi connectivity index (χ2v) is 16.0. The molecule has 0 N–H and O–H groups in total. The molecule has 11 rings (SSSR count). The van der Waals surface area contributed by atoms with Crippen LogP contribution in [0.3, 0.4) is 0 Å². The third-order valence-electron chi connectivity index (χ3n) is 11.2. The molecular weight excluding hydrogens is 691 g/mol. The molecule has 55 heavy (non-hydrogen) atoms. The van der Waals surface area contributed by atoms with Crippen molar-refractivity contribution >= 4 is 85.4 Å². The van der Waals surface area contributed by atoms with Gasteiger partial charge in [-0.1, -0.05) is 170 Å². The van der Waals surface area contributed by atoms with E-state index >= 15 is 0 Å². The molecule has 0 aliphatic rings. The Kier molecular flexibility index (Phi) is 6.94. The lowest BCUT2D eigenvalue weighted by Crippen LogP contribution is -2.05. The summed E-state index contributed by atoms with van der Waals surface area (Å²) in [7, 11) is -3.88. The van der Waals surface area contributed by atoms with Crippen molar-refractivity contribution in [2.24, 2.45) is 0 Å². The van der Waals surface area contributed by atoms with E-state index in [0.717, 1.165) is 76.4 Å². The Balaban J connectivity index is 1.37. The van der Waals surface area contributed by atoms with Gasteiger partial charge in [-0.25, -0.2) is 13.4 Å². The molecule has 0 atom stereocenters. The molecule has 0 unspecified atom stereocenters. The van der Waals surface area contributed by atoms with E-state index < -0.39 is 9.84 Å². The fourth-order valence-electron chi connectivity index (χ4n) is 8.90. The van der Waals surface area contributed by atoms with Crippen molar-refractivity contribution in [2.75, 3.05) is 0 Å². The van der Waals surface area contributed by atoms with Gasteiger partial charge in [0.1, 0.15) is 0 Å². The van der Waals surface area contributed by atoms with Crippen LogP contribution in [0, 0.1) is 0 Å². The maximum atomic E-state index is 14.6. The van der Waals surface area contributed by atoms with Gasteiger partial charge in [-0.3, -0.25) is 0 Å². The topological polar surface area (TPSA) is 47.0 Å². The van der Waals surface area contributed by atoms with E-state index in [1.807, 2.05) is 48.5 Å². The number of hydrogen-bond acceptors (Lipinski definition) is 3. The fraction of sp³-hybridized carbons (Fsp3) is 0. The third kappa shape index (κ3) is 4.62. The van der Waals surface area contributed by atoms with Crippen molar-refractivity contribution in [2.45, 2.75) is 9.79 Å². The number of fused-ring (bicyclic) bond motifs is 12. The van der Waals surface area contributed by atoms with Crippen molar-refractivity contribution in [3.63, 3.8) is 0 Å². The molecule has 3 nitrogen and oxygen atoms in total. The number of pyridine rings is 1. The highest BCUT2D eigenvalue weighted by Crippen LogP contribution is 2.49. The van der Waals surface area contributed by atoms with Gasteiger partial charge < -0.3 is 0 Å². The highest BCUT2D eigenvalue weighted by Gasteiger charge is 2.27. The Morgan fingerprint density at radius 2 is 0.800 bits per heavy atom. The highest BCUT2D eigenvalue weighted by molar-refractivity contribution is 7.92. The lowest BCUT2D eigenvalue weighted by atomic mass is 9.85. The summed E-state index contributed by atoms with van der Waals surface area (Å²) >= 11 is 0. The van der Waals surface area contributed by atoms with Crippen molar-refractivity contribution in [1.29, 1.82) is 0 Å². The van der Waals surface area contributed by atoms with Gasteiger partial charge in [0.25, 0.3) is 0 Å². The van der Waals surface area contributed by atoms with E-state index in [9.17, 15) is 8.42 Å². The quantitative estimate of drug-likeness (QED) is 0.134. The second-order valence-electron chi connectivity index (χ2n) is 14.1. The lowest BCUT2D eigenvalue weighted by molar-refractivity contribution is 0.597. The second kappa shape index (κ2) is 12.1. The zero-order valence-corrected chi connectivity index (χ0v) is 30.4. The summed E-state index contributed by atoms with van der Waals surface area (Å²) in [5, 5.41) is 13.4. The van der Waals surface area contributed by atoms with E-state index in [-0.39, 0.29) is 4.90 Å². The van der Waals surface area contributed by atoms with Crippen LogP contribution in [0.1, 0.15) is 0 Å².